The lowest BCUT2D eigenvalue weighted by Crippen LogP contribution is -2.31. The van der Waals surface area contributed by atoms with Crippen LogP contribution in [0.3, 0.4) is 0 Å². The highest BCUT2D eigenvalue weighted by molar-refractivity contribution is 6.31. The summed E-state index contributed by atoms with van der Waals surface area (Å²) in [5, 5.41) is 17.3. The van der Waals surface area contributed by atoms with Gasteiger partial charge in [-0.3, -0.25) is 10.3 Å². The number of nitrogen functional groups attached to an aromatic ring is 1. The number of rotatable bonds is 4. The maximum absolute atomic E-state index is 9.28. The van der Waals surface area contributed by atoms with E-state index in [4.69, 9.17) is 22.7 Å². The molecule has 1 saturated heterocycles. The number of nitrogens with one attached hydrogen (secondary N) is 1. The molecule has 18 heavy (non-hydrogen) atoms. The van der Waals surface area contributed by atoms with Crippen LogP contribution in [0.15, 0.2) is 18.2 Å². The minimum absolute atomic E-state index is 0.0258. The van der Waals surface area contributed by atoms with Crippen molar-refractivity contribution in [3.63, 3.8) is 0 Å². The van der Waals surface area contributed by atoms with Crippen molar-refractivity contribution in [2.75, 3.05) is 13.2 Å². The Morgan fingerprint density at radius 1 is 1.56 bits per heavy atom. The predicted molar refractivity (Wildman–Crippen MR) is 73.0 cm³/mol. The fourth-order valence-electron chi connectivity index (χ4n) is 2.37. The maximum Gasteiger partial charge on any atom is 0.122 e. The maximum atomic E-state index is 9.28. The molecule has 2 rings (SSSR count). The van der Waals surface area contributed by atoms with Crippen molar-refractivity contribution >= 4 is 17.4 Å². The molecule has 0 saturated carbocycles. The predicted octanol–water partition coefficient (Wildman–Crippen LogP) is 1.58. The molecular formula is C13H18ClN3O. The van der Waals surface area contributed by atoms with Gasteiger partial charge in [0.05, 0.1) is 6.61 Å². The summed E-state index contributed by atoms with van der Waals surface area (Å²) in [6, 6.07) is 5.69. The van der Waals surface area contributed by atoms with Gasteiger partial charge in [-0.15, -0.1) is 0 Å². The van der Waals surface area contributed by atoms with Gasteiger partial charge in [-0.2, -0.15) is 0 Å². The van der Waals surface area contributed by atoms with E-state index in [1.54, 1.807) is 6.07 Å². The Hall–Kier alpha value is -1.10. The first-order chi connectivity index (χ1) is 8.61. The van der Waals surface area contributed by atoms with Crippen molar-refractivity contribution < 1.29 is 5.11 Å². The smallest absolute Gasteiger partial charge is 0.122 e. The lowest BCUT2D eigenvalue weighted by atomic mass is 10.1. The van der Waals surface area contributed by atoms with E-state index in [9.17, 15) is 5.11 Å². The van der Waals surface area contributed by atoms with Gasteiger partial charge in [0.1, 0.15) is 5.84 Å². The molecule has 0 radical (unpaired) electrons. The van der Waals surface area contributed by atoms with E-state index in [-0.39, 0.29) is 18.5 Å². The van der Waals surface area contributed by atoms with Crippen LogP contribution < -0.4 is 5.73 Å². The van der Waals surface area contributed by atoms with E-state index < -0.39 is 0 Å². The number of nitrogens with zero attached hydrogens (tertiary/aromatic N) is 1. The number of likely N-dealkylation sites (tertiary alicyclic amines) is 1. The summed E-state index contributed by atoms with van der Waals surface area (Å²) in [5.41, 5.74) is 7.08. The topological polar surface area (TPSA) is 73.3 Å². The highest BCUT2D eigenvalue weighted by atomic mass is 35.5. The molecule has 1 aromatic carbocycles. The van der Waals surface area contributed by atoms with Crippen molar-refractivity contribution in [1.82, 2.24) is 4.90 Å². The summed E-state index contributed by atoms with van der Waals surface area (Å²) < 4.78 is 0. The highest BCUT2D eigenvalue weighted by Gasteiger charge is 2.24. The van der Waals surface area contributed by atoms with Crippen LogP contribution in [0, 0.1) is 5.41 Å². The van der Waals surface area contributed by atoms with Crippen molar-refractivity contribution in [3.05, 3.63) is 34.3 Å². The molecule has 0 aliphatic carbocycles. The Bertz CT molecular complexity index is 450. The molecular weight excluding hydrogens is 250 g/mol. The van der Waals surface area contributed by atoms with Gasteiger partial charge in [-0.05, 0) is 31.0 Å². The van der Waals surface area contributed by atoms with Crippen molar-refractivity contribution in [1.29, 1.82) is 5.41 Å². The standard InChI is InChI=1S/C13H18ClN3O/c14-12-6-9(13(15)16)3-4-10(12)7-17-5-1-2-11(17)8-18/h3-4,6,11,18H,1-2,5,7-8H2,(H3,15,16). The fourth-order valence-corrected chi connectivity index (χ4v) is 2.61. The fraction of sp³-hybridized carbons (Fsp3) is 0.462. The molecule has 1 aliphatic heterocycles. The van der Waals surface area contributed by atoms with Gasteiger partial charge < -0.3 is 10.8 Å². The summed E-state index contributed by atoms with van der Waals surface area (Å²) in [4.78, 5) is 2.24. The molecule has 0 spiro atoms. The van der Waals surface area contributed by atoms with Crippen LogP contribution in [-0.4, -0.2) is 35.0 Å². The summed E-state index contributed by atoms with van der Waals surface area (Å²) >= 11 is 6.20. The molecule has 4 nitrogen and oxygen atoms in total. The lowest BCUT2D eigenvalue weighted by molar-refractivity contribution is 0.153. The quantitative estimate of drug-likeness (QED) is 0.573. The molecule has 0 aromatic heterocycles. The third kappa shape index (κ3) is 2.83. The van der Waals surface area contributed by atoms with Gasteiger partial charge in [0.25, 0.3) is 0 Å². The van der Waals surface area contributed by atoms with Crippen LogP contribution in [0.1, 0.15) is 24.0 Å². The van der Waals surface area contributed by atoms with Crippen LogP contribution in [0.25, 0.3) is 0 Å². The monoisotopic (exact) mass is 267 g/mol. The second-order valence-corrected chi connectivity index (χ2v) is 5.08. The molecule has 5 heteroatoms. The van der Waals surface area contributed by atoms with E-state index in [2.05, 4.69) is 4.90 Å². The SMILES string of the molecule is N=C(N)c1ccc(CN2CCCC2CO)c(Cl)c1. The number of aliphatic hydroxyl groups excluding tert-OH is 1. The number of aliphatic hydroxyl groups is 1. The van der Waals surface area contributed by atoms with Gasteiger partial charge in [-0.1, -0.05) is 23.7 Å². The van der Waals surface area contributed by atoms with Gasteiger partial charge in [0.2, 0.25) is 0 Å². The van der Waals surface area contributed by atoms with E-state index in [0.717, 1.165) is 31.5 Å². The Morgan fingerprint density at radius 3 is 2.94 bits per heavy atom. The second kappa shape index (κ2) is 5.69. The van der Waals surface area contributed by atoms with Crippen LogP contribution >= 0.6 is 11.6 Å². The summed E-state index contributed by atoms with van der Waals surface area (Å²) in [6.45, 7) is 1.93. The minimum Gasteiger partial charge on any atom is -0.395 e. The first-order valence-corrected chi connectivity index (χ1v) is 6.47. The molecule has 1 heterocycles. The number of hydrogen-bond acceptors (Lipinski definition) is 3. The summed E-state index contributed by atoms with van der Waals surface area (Å²) in [5.74, 6) is 0.0258. The molecule has 1 atom stereocenters. The first kappa shape index (κ1) is 13.3. The van der Waals surface area contributed by atoms with Gasteiger partial charge >= 0.3 is 0 Å². The zero-order valence-corrected chi connectivity index (χ0v) is 11.0. The molecule has 0 amide bonds. The molecule has 98 valence electrons. The van der Waals surface area contributed by atoms with E-state index in [1.807, 2.05) is 12.1 Å². The number of benzene rings is 1. The number of halogens is 1. The Balaban J connectivity index is 2.12. The average Bonchev–Trinajstić information content (AvgIpc) is 2.78. The van der Waals surface area contributed by atoms with Gasteiger partial charge in [0, 0.05) is 23.2 Å². The number of nitrogens with two attached hydrogens (primary N) is 1. The van der Waals surface area contributed by atoms with Gasteiger partial charge in [0.15, 0.2) is 0 Å². The normalized spacial score (nSPS) is 20.2. The molecule has 0 bridgehead atoms. The van der Waals surface area contributed by atoms with Crippen LogP contribution in [0.5, 0.6) is 0 Å². The number of hydrogen-bond donors (Lipinski definition) is 3. The van der Waals surface area contributed by atoms with Crippen molar-refractivity contribution in [2.45, 2.75) is 25.4 Å². The van der Waals surface area contributed by atoms with Crippen molar-refractivity contribution in [2.24, 2.45) is 5.73 Å². The summed E-state index contributed by atoms with van der Waals surface area (Å²) in [7, 11) is 0. The third-order valence-corrected chi connectivity index (χ3v) is 3.80. The first-order valence-electron chi connectivity index (χ1n) is 6.09. The van der Waals surface area contributed by atoms with Gasteiger partial charge in [-0.25, -0.2) is 0 Å². The molecule has 1 aliphatic rings. The molecule has 4 N–H and O–H groups in total. The molecule has 1 aromatic rings. The average molecular weight is 268 g/mol. The minimum atomic E-state index is 0.0258. The summed E-state index contributed by atoms with van der Waals surface area (Å²) in [6.07, 6.45) is 2.16. The zero-order valence-electron chi connectivity index (χ0n) is 10.2. The molecule has 1 unspecified atom stereocenters. The van der Waals surface area contributed by atoms with E-state index in [0.29, 0.717) is 10.6 Å². The third-order valence-electron chi connectivity index (χ3n) is 3.45. The van der Waals surface area contributed by atoms with E-state index in [1.165, 1.54) is 0 Å². The second-order valence-electron chi connectivity index (χ2n) is 4.67. The van der Waals surface area contributed by atoms with Crippen LogP contribution in [0.4, 0.5) is 0 Å². The van der Waals surface area contributed by atoms with Crippen LogP contribution in [0.2, 0.25) is 5.02 Å². The van der Waals surface area contributed by atoms with Crippen LogP contribution in [-0.2, 0) is 6.54 Å². The zero-order chi connectivity index (χ0) is 13.1. The number of amidine groups is 1. The Labute approximate surface area is 112 Å². The van der Waals surface area contributed by atoms with E-state index >= 15 is 0 Å². The lowest BCUT2D eigenvalue weighted by Gasteiger charge is -2.23. The molecule has 1 fully saturated rings. The highest BCUT2D eigenvalue weighted by Crippen LogP contribution is 2.24. The Kier molecular flexibility index (Phi) is 4.22. The van der Waals surface area contributed by atoms with Crippen molar-refractivity contribution in [3.8, 4) is 0 Å². The Morgan fingerprint density at radius 2 is 2.33 bits per heavy atom. The largest absolute Gasteiger partial charge is 0.395 e.